The van der Waals surface area contributed by atoms with Gasteiger partial charge in [0.25, 0.3) is 5.91 Å². The topological polar surface area (TPSA) is 38.3 Å². The zero-order valence-corrected chi connectivity index (χ0v) is 10.6. The third kappa shape index (κ3) is 4.31. The predicted octanol–water partition coefficient (Wildman–Crippen LogP) is 2.59. The van der Waals surface area contributed by atoms with E-state index in [1.165, 1.54) is 7.11 Å². The number of hydrogen-bond donors (Lipinski definition) is 1. The van der Waals surface area contributed by atoms with Crippen LogP contribution in [0.15, 0.2) is 36.1 Å². The van der Waals surface area contributed by atoms with E-state index in [0.29, 0.717) is 5.76 Å². The van der Waals surface area contributed by atoms with Crippen LogP contribution in [0.3, 0.4) is 0 Å². The molecule has 0 saturated carbocycles. The molecule has 1 aromatic rings. The third-order valence-corrected chi connectivity index (χ3v) is 2.53. The van der Waals surface area contributed by atoms with Gasteiger partial charge >= 0.3 is 0 Å². The van der Waals surface area contributed by atoms with Crippen LogP contribution < -0.4 is 5.32 Å². The van der Waals surface area contributed by atoms with Gasteiger partial charge in [-0.2, -0.15) is 0 Å². The molecule has 0 heterocycles. The monoisotopic (exact) mass is 233 g/mol. The maximum Gasteiger partial charge on any atom is 0.286 e. The molecule has 0 spiro atoms. The Balaban J connectivity index is 2.77. The van der Waals surface area contributed by atoms with Gasteiger partial charge in [0.05, 0.1) is 7.11 Å². The van der Waals surface area contributed by atoms with Crippen molar-refractivity contribution >= 4 is 12.0 Å². The van der Waals surface area contributed by atoms with Gasteiger partial charge in [-0.05, 0) is 25.0 Å². The van der Waals surface area contributed by atoms with Gasteiger partial charge in [-0.25, -0.2) is 0 Å². The lowest BCUT2D eigenvalue weighted by molar-refractivity contribution is -0.120. The molecule has 92 valence electrons. The maximum atomic E-state index is 11.8. The molecule has 0 aromatic heterocycles. The molecule has 3 nitrogen and oxygen atoms in total. The molecule has 1 N–H and O–H groups in total. The molecule has 1 rings (SSSR count). The average Bonchev–Trinajstić information content (AvgIpc) is 2.36. The van der Waals surface area contributed by atoms with E-state index in [4.69, 9.17) is 4.74 Å². The second kappa shape index (κ2) is 6.74. The quantitative estimate of drug-likeness (QED) is 0.627. The van der Waals surface area contributed by atoms with Crippen molar-refractivity contribution in [1.29, 1.82) is 0 Å². The number of carbonyl (C=O) groups excluding carboxylic acids is 1. The second-order valence-electron chi connectivity index (χ2n) is 3.91. The molecule has 0 fully saturated rings. The van der Waals surface area contributed by atoms with Gasteiger partial charge in [-0.3, -0.25) is 4.79 Å². The van der Waals surface area contributed by atoms with Crippen LogP contribution in [0.1, 0.15) is 25.8 Å². The van der Waals surface area contributed by atoms with Gasteiger partial charge < -0.3 is 10.1 Å². The van der Waals surface area contributed by atoms with Crippen LogP contribution in [0.25, 0.3) is 6.08 Å². The average molecular weight is 233 g/mol. The highest BCUT2D eigenvalue weighted by atomic mass is 16.5. The Morgan fingerprint density at radius 3 is 2.59 bits per heavy atom. The Kier molecular flexibility index (Phi) is 5.27. The standard InChI is InChI=1S/C14H19NO2/c1-4-11(2)15-14(16)13(17-3)10-12-8-6-5-7-9-12/h5-11H,4H2,1-3H3,(H,15,16)/b13-10+. The minimum Gasteiger partial charge on any atom is -0.491 e. The van der Waals surface area contributed by atoms with Gasteiger partial charge in [0, 0.05) is 6.04 Å². The summed E-state index contributed by atoms with van der Waals surface area (Å²) in [5.74, 6) is 0.155. The second-order valence-corrected chi connectivity index (χ2v) is 3.91. The highest BCUT2D eigenvalue weighted by Gasteiger charge is 2.11. The van der Waals surface area contributed by atoms with Crippen LogP contribution in [0.5, 0.6) is 0 Å². The maximum absolute atomic E-state index is 11.8. The third-order valence-electron chi connectivity index (χ3n) is 2.53. The number of amides is 1. The van der Waals surface area contributed by atoms with Crippen LogP contribution in [0.2, 0.25) is 0 Å². The highest BCUT2D eigenvalue weighted by molar-refractivity contribution is 5.95. The summed E-state index contributed by atoms with van der Waals surface area (Å²) in [6.45, 7) is 3.99. The van der Waals surface area contributed by atoms with Crippen LogP contribution in [-0.2, 0) is 9.53 Å². The molecule has 0 radical (unpaired) electrons. The molecule has 0 aliphatic carbocycles. The molecule has 1 aromatic carbocycles. The molecule has 3 heteroatoms. The van der Waals surface area contributed by atoms with E-state index in [2.05, 4.69) is 5.32 Å². The van der Waals surface area contributed by atoms with Gasteiger partial charge in [0.15, 0.2) is 5.76 Å². The van der Waals surface area contributed by atoms with E-state index in [1.54, 1.807) is 6.08 Å². The smallest absolute Gasteiger partial charge is 0.286 e. The number of nitrogens with one attached hydrogen (secondary N) is 1. The Morgan fingerprint density at radius 1 is 1.41 bits per heavy atom. The fourth-order valence-electron chi connectivity index (χ4n) is 1.31. The fourth-order valence-corrected chi connectivity index (χ4v) is 1.31. The van der Waals surface area contributed by atoms with Gasteiger partial charge in [0.1, 0.15) is 0 Å². The zero-order valence-electron chi connectivity index (χ0n) is 10.6. The first-order chi connectivity index (χ1) is 8.17. The van der Waals surface area contributed by atoms with Gasteiger partial charge in [-0.15, -0.1) is 0 Å². The number of hydrogen-bond acceptors (Lipinski definition) is 2. The molecular weight excluding hydrogens is 214 g/mol. The van der Waals surface area contributed by atoms with Crippen molar-refractivity contribution in [3.63, 3.8) is 0 Å². The molecule has 0 bridgehead atoms. The lowest BCUT2D eigenvalue weighted by atomic mass is 10.2. The molecule has 1 atom stereocenters. The van der Waals surface area contributed by atoms with Crippen LogP contribution >= 0.6 is 0 Å². The number of methoxy groups -OCH3 is 1. The van der Waals surface area contributed by atoms with Crippen molar-refractivity contribution in [3.8, 4) is 0 Å². The summed E-state index contributed by atoms with van der Waals surface area (Å²) in [6.07, 6.45) is 2.63. The van der Waals surface area contributed by atoms with Crippen LogP contribution in [-0.4, -0.2) is 19.1 Å². The summed E-state index contributed by atoms with van der Waals surface area (Å²) in [6, 6.07) is 9.78. The Hall–Kier alpha value is -1.77. The minimum absolute atomic E-state index is 0.150. The summed E-state index contributed by atoms with van der Waals surface area (Å²) in [5, 5.41) is 2.87. The largest absolute Gasteiger partial charge is 0.491 e. The molecule has 0 aliphatic rings. The van der Waals surface area contributed by atoms with E-state index in [0.717, 1.165) is 12.0 Å². The normalized spacial score (nSPS) is 13.0. The van der Waals surface area contributed by atoms with Crippen molar-refractivity contribution in [3.05, 3.63) is 41.7 Å². The first-order valence-electron chi connectivity index (χ1n) is 5.79. The minimum atomic E-state index is -0.175. The van der Waals surface area contributed by atoms with Crippen LogP contribution in [0.4, 0.5) is 0 Å². The SMILES string of the molecule is CCC(C)NC(=O)/C(=C\c1ccccc1)OC. The molecular formula is C14H19NO2. The van der Waals surface area contributed by atoms with Crippen LogP contribution in [0, 0.1) is 0 Å². The van der Waals surface area contributed by atoms with Crippen molar-refractivity contribution < 1.29 is 9.53 Å². The Bertz CT molecular complexity index is 384. The molecule has 17 heavy (non-hydrogen) atoms. The summed E-state index contributed by atoms with van der Waals surface area (Å²) >= 11 is 0. The van der Waals surface area contributed by atoms with Crippen molar-refractivity contribution in [1.82, 2.24) is 5.32 Å². The fraction of sp³-hybridized carbons (Fsp3) is 0.357. The summed E-state index contributed by atoms with van der Waals surface area (Å²) in [5.41, 5.74) is 0.948. The predicted molar refractivity (Wildman–Crippen MR) is 69.3 cm³/mol. The summed E-state index contributed by atoms with van der Waals surface area (Å²) in [4.78, 5) is 11.8. The van der Waals surface area contributed by atoms with E-state index < -0.39 is 0 Å². The van der Waals surface area contributed by atoms with E-state index in [1.807, 2.05) is 44.2 Å². The van der Waals surface area contributed by atoms with E-state index >= 15 is 0 Å². The number of rotatable bonds is 5. The summed E-state index contributed by atoms with van der Waals surface area (Å²) in [7, 11) is 1.50. The van der Waals surface area contributed by atoms with Gasteiger partial charge in [-0.1, -0.05) is 37.3 Å². The van der Waals surface area contributed by atoms with Crippen molar-refractivity contribution in [2.45, 2.75) is 26.3 Å². The number of benzene rings is 1. The molecule has 1 amide bonds. The number of carbonyl (C=O) groups is 1. The van der Waals surface area contributed by atoms with Crippen molar-refractivity contribution in [2.24, 2.45) is 0 Å². The number of ether oxygens (including phenoxy) is 1. The molecule has 0 saturated heterocycles. The Labute approximate surface area is 102 Å². The summed E-state index contributed by atoms with van der Waals surface area (Å²) < 4.78 is 5.11. The first-order valence-corrected chi connectivity index (χ1v) is 5.79. The lowest BCUT2D eigenvalue weighted by Gasteiger charge is -2.12. The van der Waals surface area contributed by atoms with E-state index in [9.17, 15) is 4.79 Å². The lowest BCUT2D eigenvalue weighted by Crippen LogP contribution is -2.33. The Morgan fingerprint density at radius 2 is 2.06 bits per heavy atom. The molecule has 0 aliphatic heterocycles. The highest BCUT2D eigenvalue weighted by Crippen LogP contribution is 2.07. The van der Waals surface area contributed by atoms with E-state index in [-0.39, 0.29) is 11.9 Å². The zero-order chi connectivity index (χ0) is 12.7. The first kappa shape index (κ1) is 13.3. The molecule has 1 unspecified atom stereocenters. The van der Waals surface area contributed by atoms with Gasteiger partial charge in [0.2, 0.25) is 0 Å². The van der Waals surface area contributed by atoms with Crippen molar-refractivity contribution in [2.75, 3.05) is 7.11 Å².